The molecule has 1 N–H and O–H groups in total. The van der Waals surface area contributed by atoms with Crippen molar-refractivity contribution in [3.63, 3.8) is 0 Å². The number of carbonyl (C=O) groups excluding carboxylic acids is 2. The molecule has 6 rings (SSSR count). The lowest BCUT2D eigenvalue weighted by atomic mass is 9.53. The normalized spacial score (nSPS) is 32.1. The predicted octanol–water partition coefficient (Wildman–Crippen LogP) is 5.40. The summed E-state index contributed by atoms with van der Waals surface area (Å²) in [6.45, 7) is 0.485. The summed E-state index contributed by atoms with van der Waals surface area (Å²) in [6.07, 6.45) is 10.6. The highest BCUT2D eigenvalue weighted by molar-refractivity contribution is 8.19. The topological polar surface area (TPSA) is 58.6 Å². The molecular weight excluding hydrogens is 440 g/mol. The zero-order chi connectivity index (χ0) is 22.3. The van der Waals surface area contributed by atoms with E-state index in [1.165, 1.54) is 19.3 Å². The van der Waals surface area contributed by atoms with Crippen LogP contribution in [0.5, 0.6) is 5.75 Å². The maximum atomic E-state index is 12.7. The van der Waals surface area contributed by atoms with Gasteiger partial charge < -0.3 is 10.1 Å². The second kappa shape index (κ2) is 8.82. The number of thiocarbonyl (C=S) groups is 1. The Morgan fingerprint density at radius 3 is 2.41 bits per heavy atom. The minimum atomic E-state index is -0.0590. The molecule has 4 saturated carbocycles. The first kappa shape index (κ1) is 22.0. The Kier molecular flexibility index (Phi) is 6.05. The molecule has 2 amide bonds. The van der Waals surface area contributed by atoms with Crippen molar-refractivity contribution in [2.75, 3.05) is 13.7 Å². The van der Waals surface area contributed by atoms with Gasteiger partial charge in [-0.25, -0.2) is 0 Å². The molecule has 1 aromatic carbocycles. The fourth-order valence-electron chi connectivity index (χ4n) is 6.56. The summed E-state index contributed by atoms with van der Waals surface area (Å²) in [5, 5.41) is 3.36. The second-order valence-electron chi connectivity index (χ2n) is 9.96. The van der Waals surface area contributed by atoms with Crippen molar-refractivity contribution < 1.29 is 14.3 Å². The monoisotopic (exact) mass is 470 g/mol. The van der Waals surface area contributed by atoms with Crippen LogP contribution in [0.3, 0.4) is 0 Å². The molecule has 0 aromatic heterocycles. The smallest absolute Gasteiger partial charge is 0.291 e. The minimum absolute atomic E-state index is 0.0503. The van der Waals surface area contributed by atoms with E-state index in [1.807, 2.05) is 30.3 Å². The molecule has 5 nitrogen and oxygen atoms in total. The molecule has 1 heterocycles. The molecule has 4 aliphatic carbocycles. The Hall–Kier alpha value is -1.86. The molecule has 170 valence electrons. The van der Waals surface area contributed by atoms with E-state index in [-0.39, 0.29) is 16.7 Å². The Labute approximate surface area is 199 Å². The summed E-state index contributed by atoms with van der Waals surface area (Å²) in [6, 6.07) is 7.65. The van der Waals surface area contributed by atoms with Gasteiger partial charge in [-0.3, -0.25) is 14.5 Å². The summed E-state index contributed by atoms with van der Waals surface area (Å²) in [7, 11) is 1.63. The zero-order valence-corrected chi connectivity index (χ0v) is 20.1. The zero-order valence-electron chi connectivity index (χ0n) is 18.5. The third kappa shape index (κ3) is 4.46. The van der Waals surface area contributed by atoms with Crippen LogP contribution in [0.1, 0.15) is 56.9 Å². The van der Waals surface area contributed by atoms with Gasteiger partial charge in [0.25, 0.3) is 5.24 Å². The van der Waals surface area contributed by atoms with Crippen LogP contribution in [0.2, 0.25) is 0 Å². The van der Waals surface area contributed by atoms with Crippen molar-refractivity contribution in [2.45, 2.75) is 56.9 Å². The molecule has 0 radical (unpaired) electrons. The summed E-state index contributed by atoms with van der Waals surface area (Å²) >= 11 is 6.73. The number of amides is 2. The average Bonchev–Trinajstić information content (AvgIpc) is 3.00. The van der Waals surface area contributed by atoms with Gasteiger partial charge in [0, 0.05) is 18.5 Å². The largest absolute Gasteiger partial charge is 0.497 e. The van der Waals surface area contributed by atoms with E-state index in [2.05, 4.69) is 5.32 Å². The van der Waals surface area contributed by atoms with Crippen molar-refractivity contribution in [1.29, 1.82) is 0 Å². The molecule has 1 aromatic rings. The first-order valence-electron chi connectivity index (χ1n) is 11.6. The summed E-state index contributed by atoms with van der Waals surface area (Å²) in [5.74, 6) is 3.36. The van der Waals surface area contributed by atoms with Crippen LogP contribution < -0.4 is 10.1 Å². The van der Waals surface area contributed by atoms with Gasteiger partial charge in [0.1, 0.15) is 10.7 Å². The molecule has 4 bridgehead atoms. The van der Waals surface area contributed by atoms with Gasteiger partial charge in [-0.2, -0.15) is 0 Å². The standard InChI is InChI=1S/C25H30N2O3S2/c1-30-20-6-4-16(5-7-20)12-21-23(31)27(24(29)32-21)8-2-3-22(28)26-25-13-17-9-18(14-25)11-19(10-17)15-25/h4-7,12,17-19H,2-3,8-11,13-15H2,1H3,(H,26,28)/b21-12+. The Morgan fingerprint density at radius 2 is 1.81 bits per heavy atom. The van der Waals surface area contributed by atoms with Crippen LogP contribution in [0, 0.1) is 17.8 Å². The number of thioether (sulfide) groups is 1. The fraction of sp³-hybridized carbons (Fsp3) is 0.560. The van der Waals surface area contributed by atoms with Crippen LogP contribution >= 0.6 is 24.0 Å². The van der Waals surface area contributed by atoms with Gasteiger partial charge >= 0.3 is 0 Å². The molecule has 7 heteroatoms. The molecule has 1 saturated heterocycles. The highest BCUT2D eigenvalue weighted by Gasteiger charge is 2.51. The van der Waals surface area contributed by atoms with Crippen molar-refractivity contribution in [2.24, 2.45) is 17.8 Å². The molecule has 0 atom stereocenters. The lowest BCUT2D eigenvalue weighted by Gasteiger charge is -2.56. The molecule has 0 spiro atoms. The third-order valence-corrected chi connectivity index (χ3v) is 9.01. The number of nitrogens with one attached hydrogen (secondary N) is 1. The number of nitrogens with zero attached hydrogens (tertiary/aromatic N) is 1. The number of hydrogen-bond acceptors (Lipinski definition) is 5. The van der Waals surface area contributed by atoms with Gasteiger partial charge in [0.2, 0.25) is 5.91 Å². The van der Waals surface area contributed by atoms with E-state index in [1.54, 1.807) is 12.0 Å². The highest BCUT2D eigenvalue weighted by atomic mass is 32.2. The molecule has 32 heavy (non-hydrogen) atoms. The number of hydrogen-bond donors (Lipinski definition) is 1. The maximum Gasteiger partial charge on any atom is 0.291 e. The van der Waals surface area contributed by atoms with Gasteiger partial charge in [0.15, 0.2) is 0 Å². The van der Waals surface area contributed by atoms with Crippen LogP contribution in [-0.4, -0.2) is 40.2 Å². The minimum Gasteiger partial charge on any atom is -0.497 e. The summed E-state index contributed by atoms with van der Waals surface area (Å²) < 4.78 is 5.19. The third-order valence-electron chi connectivity index (χ3n) is 7.52. The fourth-order valence-corrected chi connectivity index (χ4v) is 7.85. The second-order valence-corrected chi connectivity index (χ2v) is 11.3. The van der Waals surface area contributed by atoms with Crippen LogP contribution in [0.25, 0.3) is 6.08 Å². The predicted molar refractivity (Wildman–Crippen MR) is 132 cm³/mol. The number of carbonyl (C=O) groups is 2. The average molecular weight is 471 g/mol. The van der Waals surface area contributed by atoms with Crippen LogP contribution in [-0.2, 0) is 4.79 Å². The molecule has 1 aliphatic heterocycles. The van der Waals surface area contributed by atoms with E-state index >= 15 is 0 Å². The van der Waals surface area contributed by atoms with E-state index in [9.17, 15) is 9.59 Å². The number of ether oxygens (including phenoxy) is 1. The maximum absolute atomic E-state index is 12.7. The van der Waals surface area contributed by atoms with Gasteiger partial charge in [-0.1, -0.05) is 24.4 Å². The van der Waals surface area contributed by atoms with Gasteiger partial charge in [-0.05, 0) is 98.2 Å². The van der Waals surface area contributed by atoms with Crippen molar-refractivity contribution >= 4 is 46.2 Å². The quantitative estimate of drug-likeness (QED) is 0.427. The SMILES string of the molecule is COc1ccc(/C=C2/SC(=O)N(CCCC(=O)NC34CC5CC(CC(C5)C3)C4)C2=S)cc1. The Balaban J connectivity index is 1.13. The Bertz CT molecular complexity index is 921. The van der Waals surface area contributed by atoms with Crippen LogP contribution in [0.4, 0.5) is 4.79 Å². The number of rotatable bonds is 7. The van der Waals surface area contributed by atoms with Crippen molar-refractivity contribution in [3.8, 4) is 5.75 Å². The summed E-state index contributed by atoms with van der Waals surface area (Å²) in [5.41, 5.74) is 1.02. The van der Waals surface area contributed by atoms with Gasteiger partial charge in [-0.15, -0.1) is 0 Å². The first-order valence-corrected chi connectivity index (χ1v) is 12.9. The van der Waals surface area contributed by atoms with E-state index in [4.69, 9.17) is 17.0 Å². The lowest BCUT2D eigenvalue weighted by molar-refractivity contribution is -0.127. The van der Waals surface area contributed by atoms with E-state index < -0.39 is 0 Å². The van der Waals surface area contributed by atoms with E-state index in [0.29, 0.717) is 24.4 Å². The first-order chi connectivity index (χ1) is 15.4. The molecule has 0 unspecified atom stereocenters. The number of benzene rings is 1. The Morgan fingerprint density at radius 1 is 1.19 bits per heavy atom. The summed E-state index contributed by atoms with van der Waals surface area (Å²) in [4.78, 5) is 28.2. The molecule has 5 aliphatic rings. The van der Waals surface area contributed by atoms with E-state index in [0.717, 1.165) is 65.0 Å². The van der Waals surface area contributed by atoms with Crippen molar-refractivity contribution in [1.82, 2.24) is 10.2 Å². The molecular formula is C25H30N2O3S2. The lowest BCUT2D eigenvalue weighted by Crippen LogP contribution is -2.59. The highest BCUT2D eigenvalue weighted by Crippen LogP contribution is 2.55. The molecule has 5 fully saturated rings. The number of methoxy groups -OCH3 is 1. The van der Waals surface area contributed by atoms with Gasteiger partial charge in [0.05, 0.1) is 12.0 Å². The van der Waals surface area contributed by atoms with Crippen molar-refractivity contribution in [3.05, 3.63) is 34.7 Å². The van der Waals surface area contributed by atoms with Crippen LogP contribution in [0.15, 0.2) is 29.2 Å².